The molecule has 1 heterocycles. The van der Waals surface area contributed by atoms with E-state index in [1.54, 1.807) is 6.20 Å². The van der Waals surface area contributed by atoms with Gasteiger partial charge in [-0.2, -0.15) is 0 Å². The van der Waals surface area contributed by atoms with E-state index in [0.29, 0.717) is 17.6 Å². The molecule has 0 saturated heterocycles. The lowest BCUT2D eigenvalue weighted by Crippen LogP contribution is -2.25. The van der Waals surface area contributed by atoms with E-state index in [4.69, 9.17) is 5.73 Å². The molecule has 2 aromatic rings. The van der Waals surface area contributed by atoms with E-state index >= 15 is 0 Å². The summed E-state index contributed by atoms with van der Waals surface area (Å²) in [5.41, 5.74) is 8.77. The van der Waals surface area contributed by atoms with Gasteiger partial charge >= 0.3 is 0 Å². The molecule has 0 aliphatic carbocycles. The Labute approximate surface area is 108 Å². The maximum Gasteiger partial charge on any atom is 0.0743 e. The lowest BCUT2D eigenvalue weighted by Gasteiger charge is -2.23. The van der Waals surface area contributed by atoms with Gasteiger partial charge in [0.1, 0.15) is 0 Å². The summed E-state index contributed by atoms with van der Waals surface area (Å²) in [7, 11) is 0. The Kier molecular flexibility index (Phi) is 3.70. The Balaban J connectivity index is 2.45. The highest BCUT2D eigenvalue weighted by Crippen LogP contribution is 2.29. The normalized spacial score (nSPS) is 12.9. The number of benzene rings is 1. The molecule has 2 rings (SSSR count). The number of hydrogen-bond donors (Lipinski definition) is 2. The molecule has 0 radical (unpaired) electrons. The molecule has 1 aromatic carbocycles. The number of pyridine rings is 1. The van der Waals surface area contributed by atoms with E-state index in [1.807, 2.05) is 18.2 Å². The Bertz CT molecular complexity index is 534. The number of nitrogens with zero attached hydrogens (tertiary/aromatic N) is 1. The van der Waals surface area contributed by atoms with Crippen LogP contribution in [0.25, 0.3) is 10.9 Å². The maximum absolute atomic E-state index is 6.06. The molecule has 3 N–H and O–H groups in total. The molecule has 0 saturated carbocycles. The minimum atomic E-state index is 0.429. The molecule has 0 fully saturated rings. The van der Waals surface area contributed by atoms with E-state index in [-0.39, 0.29) is 0 Å². The zero-order valence-electron chi connectivity index (χ0n) is 11.3. The zero-order valence-corrected chi connectivity index (χ0v) is 11.3. The molecule has 0 aliphatic heterocycles. The van der Waals surface area contributed by atoms with Gasteiger partial charge < -0.3 is 11.1 Å². The van der Waals surface area contributed by atoms with Crippen LogP contribution in [0.15, 0.2) is 30.5 Å². The second-order valence-electron chi connectivity index (χ2n) is 5.01. The van der Waals surface area contributed by atoms with E-state index < -0.39 is 0 Å². The Hall–Kier alpha value is -1.77. The molecule has 0 amide bonds. The summed E-state index contributed by atoms with van der Waals surface area (Å²) in [5, 5.41) is 4.67. The van der Waals surface area contributed by atoms with Crippen molar-refractivity contribution in [2.75, 3.05) is 11.1 Å². The van der Waals surface area contributed by atoms with Gasteiger partial charge in [-0.25, -0.2) is 0 Å². The summed E-state index contributed by atoms with van der Waals surface area (Å²) in [4.78, 5) is 4.35. The lowest BCUT2D eigenvalue weighted by atomic mass is 10.0. The molecule has 18 heavy (non-hydrogen) atoms. The van der Waals surface area contributed by atoms with E-state index in [9.17, 15) is 0 Å². The molecule has 96 valence electrons. The third-order valence-corrected chi connectivity index (χ3v) is 3.38. The lowest BCUT2D eigenvalue weighted by molar-refractivity contribution is 0.512. The number of nitrogens with two attached hydrogens (primary N) is 1. The zero-order chi connectivity index (χ0) is 13.1. The number of aromatic nitrogens is 1. The van der Waals surface area contributed by atoms with Crippen molar-refractivity contribution in [1.29, 1.82) is 0 Å². The fourth-order valence-electron chi connectivity index (χ4n) is 2.24. The highest BCUT2D eigenvalue weighted by molar-refractivity contribution is 5.96. The van der Waals surface area contributed by atoms with Crippen LogP contribution in [0.5, 0.6) is 0 Å². The first-order valence-corrected chi connectivity index (χ1v) is 6.53. The van der Waals surface area contributed by atoms with Crippen molar-refractivity contribution in [3.05, 3.63) is 30.5 Å². The smallest absolute Gasteiger partial charge is 0.0743 e. The number of nitrogens with one attached hydrogen (secondary N) is 1. The molecule has 1 unspecified atom stereocenters. The van der Waals surface area contributed by atoms with E-state index in [0.717, 1.165) is 23.0 Å². The van der Waals surface area contributed by atoms with Crippen LogP contribution >= 0.6 is 0 Å². The Morgan fingerprint density at radius 2 is 2.00 bits per heavy atom. The van der Waals surface area contributed by atoms with Crippen molar-refractivity contribution in [3.8, 4) is 0 Å². The third kappa shape index (κ3) is 2.40. The van der Waals surface area contributed by atoms with Crippen molar-refractivity contribution in [3.63, 3.8) is 0 Å². The van der Waals surface area contributed by atoms with Crippen molar-refractivity contribution in [2.45, 2.75) is 33.2 Å². The molecule has 0 spiro atoms. The van der Waals surface area contributed by atoms with Gasteiger partial charge in [0.05, 0.1) is 23.1 Å². The number of rotatable bonds is 4. The predicted molar refractivity (Wildman–Crippen MR) is 78.7 cm³/mol. The summed E-state index contributed by atoms with van der Waals surface area (Å²) in [6.07, 6.45) is 2.81. The first kappa shape index (κ1) is 12.7. The largest absolute Gasteiger partial charge is 0.396 e. The molecule has 0 aliphatic rings. The Morgan fingerprint density at radius 1 is 1.28 bits per heavy atom. The first-order chi connectivity index (χ1) is 8.63. The first-order valence-electron chi connectivity index (χ1n) is 6.53. The van der Waals surface area contributed by atoms with Crippen LogP contribution in [0, 0.1) is 5.92 Å². The average Bonchev–Trinajstić information content (AvgIpc) is 2.37. The van der Waals surface area contributed by atoms with Crippen LogP contribution < -0.4 is 11.1 Å². The molecular formula is C15H21N3. The minimum Gasteiger partial charge on any atom is -0.396 e. The standard InChI is InChI=1S/C15H21N3/c1-4-13(10(2)3)18-15-11-7-5-6-8-14(11)17-9-12(15)16/h5-10,13H,4,16H2,1-3H3,(H,17,18). The molecule has 3 nitrogen and oxygen atoms in total. The van der Waals surface area contributed by atoms with Crippen molar-refractivity contribution in [2.24, 2.45) is 5.92 Å². The second kappa shape index (κ2) is 5.25. The summed E-state index contributed by atoms with van der Waals surface area (Å²) in [6.45, 7) is 6.64. The van der Waals surface area contributed by atoms with Gasteiger partial charge in [-0.3, -0.25) is 4.98 Å². The quantitative estimate of drug-likeness (QED) is 0.861. The maximum atomic E-state index is 6.06. The number of fused-ring (bicyclic) bond motifs is 1. The summed E-state index contributed by atoms with van der Waals surface area (Å²) in [6, 6.07) is 8.52. The number of hydrogen-bond acceptors (Lipinski definition) is 3. The molecule has 1 atom stereocenters. The summed E-state index contributed by atoms with van der Waals surface area (Å²) < 4.78 is 0. The summed E-state index contributed by atoms with van der Waals surface area (Å²) in [5.74, 6) is 0.571. The SMILES string of the molecule is CCC(Nc1c(N)cnc2ccccc12)C(C)C. The molecule has 1 aromatic heterocycles. The van der Waals surface area contributed by atoms with Gasteiger partial charge in [-0.1, -0.05) is 39.0 Å². The fraction of sp³-hybridized carbons (Fsp3) is 0.400. The highest BCUT2D eigenvalue weighted by Gasteiger charge is 2.14. The number of para-hydroxylation sites is 1. The van der Waals surface area contributed by atoms with Crippen LogP contribution in [0.4, 0.5) is 11.4 Å². The molecule has 3 heteroatoms. The minimum absolute atomic E-state index is 0.429. The van der Waals surface area contributed by atoms with Crippen LogP contribution in [0.1, 0.15) is 27.2 Å². The van der Waals surface area contributed by atoms with Crippen LogP contribution in [0.3, 0.4) is 0 Å². The van der Waals surface area contributed by atoms with Gasteiger partial charge in [-0.05, 0) is 18.4 Å². The van der Waals surface area contributed by atoms with Crippen LogP contribution in [0.2, 0.25) is 0 Å². The Morgan fingerprint density at radius 3 is 2.67 bits per heavy atom. The summed E-state index contributed by atoms with van der Waals surface area (Å²) >= 11 is 0. The van der Waals surface area contributed by atoms with Crippen molar-refractivity contribution in [1.82, 2.24) is 4.98 Å². The van der Waals surface area contributed by atoms with E-state index in [1.165, 1.54) is 0 Å². The topological polar surface area (TPSA) is 50.9 Å². The van der Waals surface area contributed by atoms with Gasteiger partial charge in [0.25, 0.3) is 0 Å². The van der Waals surface area contributed by atoms with E-state index in [2.05, 4.69) is 37.1 Å². The average molecular weight is 243 g/mol. The number of nitrogen functional groups attached to an aromatic ring is 1. The fourth-order valence-corrected chi connectivity index (χ4v) is 2.24. The van der Waals surface area contributed by atoms with Crippen molar-refractivity contribution >= 4 is 22.3 Å². The number of anilines is 2. The third-order valence-electron chi connectivity index (χ3n) is 3.38. The predicted octanol–water partition coefficient (Wildman–Crippen LogP) is 3.66. The monoisotopic (exact) mass is 243 g/mol. The van der Waals surface area contributed by atoms with Crippen LogP contribution in [-0.4, -0.2) is 11.0 Å². The highest BCUT2D eigenvalue weighted by atomic mass is 15.0. The molecule has 0 bridgehead atoms. The van der Waals surface area contributed by atoms with Gasteiger partial charge in [-0.15, -0.1) is 0 Å². The molecular weight excluding hydrogens is 222 g/mol. The van der Waals surface area contributed by atoms with Crippen LogP contribution in [-0.2, 0) is 0 Å². The van der Waals surface area contributed by atoms with Gasteiger partial charge in [0, 0.05) is 11.4 Å². The van der Waals surface area contributed by atoms with Crippen molar-refractivity contribution < 1.29 is 0 Å². The van der Waals surface area contributed by atoms with Gasteiger partial charge in [0.15, 0.2) is 0 Å². The second-order valence-corrected chi connectivity index (χ2v) is 5.01. The van der Waals surface area contributed by atoms with Gasteiger partial charge in [0.2, 0.25) is 0 Å².